The second kappa shape index (κ2) is 3.07. The largest absolute Gasteiger partial charge is 0.327 e. The number of benzene rings is 1. The molecule has 1 aromatic carbocycles. The van der Waals surface area contributed by atoms with Gasteiger partial charge in [-0.25, -0.2) is 0 Å². The summed E-state index contributed by atoms with van der Waals surface area (Å²) in [6.07, 6.45) is 0. The maximum absolute atomic E-state index is 5.90. The first kappa shape index (κ1) is 8.45. The lowest BCUT2D eigenvalue weighted by atomic mass is 10.2. The quantitative estimate of drug-likeness (QED) is 0.752. The molecule has 2 heteroatoms. The molecular formula is C12H16N2. The Kier molecular flexibility index (Phi) is 1.85. The predicted molar refractivity (Wildman–Crippen MR) is 56.7 cm³/mol. The van der Waals surface area contributed by atoms with Gasteiger partial charge in [0, 0.05) is 25.7 Å². The molecule has 74 valence electrons. The van der Waals surface area contributed by atoms with E-state index in [0.29, 0.717) is 6.04 Å². The zero-order chi connectivity index (χ0) is 9.54. The number of piperidine rings is 1. The van der Waals surface area contributed by atoms with E-state index in [1.807, 2.05) is 0 Å². The highest BCUT2D eigenvalue weighted by molar-refractivity contribution is 5.16. The van der Waals surface area contributed by atoms with Gasteiger partial charge < -0.3 is 5.73 Å². The van der Waals surface area contributed by atoms with Crippen molar-refractivity contribution in [2.45, 2.75) is 12.6 Å². The molecule has 2 fully saturated rings. The minimum absolute atomic E-state index is 0.516. The standard InChI is InChI=1S/C12H16N2/c13-12-10-7-14(8-11(10)12)6-9-4-2-1-3-5-9/h1-5,10-12H,6-8,13H2/t10-,11-/m1/s1. The van der Waals surface area contributed by atoms with E-state index in [4.69, 9.17) is 5.73 Å². The molecule has 0 aromatic heterocycles. The van der Waals surface area contributed by atoms with Crippen LogP contribution in [0.5, 0.6) is 0 Å². The second-order valence-electron chi connectivity index (χ2n) is 4.58. The van der Waals surface area contributed by atoms with E-state index in [0.717, 1.165) is 18.4 Å². The molecule has 0 bridgehead atoms. The van der Waals surface area contributed by atoms with E-state index >= 15 is 0 Å². The summed E-state index contributed by atoms with van der Waals surface area (Å²) in [6.45, 7) is 3.52. The van der Waals surface area contributed by atoms with Crippen molar-refractivity contribution in [2.75, 3.05) is 13.1 Å². The summed E-state index contributed by atoms with van der Waals surface area (Å²) in [4.78, 5) is 2.52. The Morgan fingerprint density at radius 3 is 2.43 bits per heavy atom. The van der Waals surface area contributed by atoms with Crippen LogP contribution >= 0.6 is 0 Å². The number of rotatable bonds is 2. The van der Waals surface area contributed by atoms with Gasteiger partial charge in [0.25, 0.3) is 0 Å². The van der Waals surface area contributed by atoms with Crippen molar-refractivity contribution in [1.82, 2.24) is 4.90 Å². The molecule has 2 N–H and O–H groups in total. The highest BCUT2D eigenvalue weighted by atomic mass is 15.2. The molecule has 0 unspecified atom stereocenters. The normalized spacial score (nSPS) is 35.6. The zero-order valence-electron chi connectivity index (χ0n) is 8.26. The maximum atomic E-state index is 5.90. The predicted octanol–water partition coefficient (Wildman–Crippen LogP) is 1.08. The maximum Gasteiger partial charge on any atom is 0.0233 e. The van der Waals surface area contributed by atoms with E-state index in [-0.39, 0.29) is 0 Å². The minimum Gasteiger partial charge on any atom is -0.327 e. The van der Waals surface area contributed by atoms with Gasteiger partial charge in [-0.3, -0.25) is 4.90 Å². The van der Waals surface area contributed by atoms with Gasteiger partial charge in [0.1, 0.15) is 0 Å². The number of hydrogen-bond acceptors (Lipinski definition) is 2. The van der Waals surface area contributed by atoms with E-state index in [9.17, 15) is 0 Å². The van der Waals surface area contributed by atoms with Crippen LogP contribution in [0.2, 0.25) is 0 Å². The molecule has 2 atom stereocenters. The average molecular weight is 188 g/mol. The Hall–Kier alpha value is -0.860. The summed E-state index contributed by atoms with van der Waals surface area (Å²) in [7, 11) is 0. The Labute approximate surface area is 84.7 Å². The summed E-state index contributed by atoms with van der Waals surface area (Å²) in [5, 5.41) is 0. The van der Waals surface area contributed by atoms with Crippen molar-refractivity contribution in [2.24, 2.45) is 17.6 Å². The van der Waals surface area contributed by atoms with Crippen LogP contribution in [0.4, 0.5) is 0 Å². The third-order valence-electron chi connectivity index (χ3n) is 3.58. The van der Waals surface area contributed by atoms with Crippen molar-refractivity contribution in [1.29, 1.82) is 0 Å². The van der Waals surface area contributed by atoms with Crippen molar-refractivity contribution < 1.29 is 0 Å². The molecule has 3 rings (SSSR count). The lowest BCUT2D eigenvalue weighted by Crippen LogP contribution is -2.27. The molecule has 0 amide bonds. The van der Waals surface area contributed by atoms with E-state index in [1.165, 1.54) is 18.7 Å². The van der Waals surface area contributed by atoms with Gasteiger partial charge in [-0.2, -0.15) is 0 Å². The van der Waals surface area contributed by atoms with Gasteiger partial charge in [-0.05, 0) is 17.4 Å². The average Bonchev–Trinajstić information content (AvgIpc) is 2.65. The fraction of sp³-hybridized carbons (Fsp3) is 0.500. The van der Waals surface area contributed by atoms with Gasteiger partial charge in [-0.15, -0.1) is 0 Å². The molecule has 14 heavy (non-hydrogen) atoms. The van der Waals surface area contributed by atoms with Gasteiger partial charge in [0.05, 0.1) is 0 Å². The fourth-order valence-corrected chi connectivity index (χ4v) is 2.63. The first-order valence-electron chi connectivity index (χ1n) is 5.36. The summed E-state index contributed by atoms with van der Waals surface area (Å²) in [5.41, 5.74) is 7.32. The van der Waals surface area contributed by atoms with E-state index < -0.39 is 0 Å². The first-order valence-corrected chi connectivity index (χ1v) is 5.36. The van der Waals surface area contributed by atoms with Crippen LogP contribution in [0.25, 0.3) is 0 Å². The monoisotopic (exact) mass is 188 g/mol. The van der Waals surface area contributed by atoms with Crippen LogP contribution in [-0.4, -0.2) is 24.0 Å². The van der Waals surface area contributed by atoms with E-state index in [2.05, 4.69) is 35.2 Å². The number of fused-ring (bicyclic) bond motifs is 1. The number of nitrogens with zero attached hydrogens (tertiary/aromatic N) is 1. The molecule has 1 aromatic rings. The molecule has 1 heterocycles. The van der Waals surface area contributed by atoms with Crippen LogP contribution in [-0.2, 0) is 6.54 Å². The van der Waals surface area contributed by atoms with Crippen molar-refractivity contribution in [3.05, 3.63) is 35.9 Å². The number of likely N-dealkylation sites (tertiary alicyclic amines) is 1. The minimum atomic E-state index is 0.516. The zero-order valence-corrected chi connectivity index (χ0v) is 8.26. The molecule has 0 spiro atoms. The van der Waals surface area contributed by atoms with Crippen LogP contribution < -0.4 is 5.73 Å². The van der Waals surface area contributed by atoms with Crippen LogP contribution in [0.3, 0.4) is 0 Å². The van der Waals surface area contributed by atoms with Crippen molar-refractivity contribution in [3.63, 3.8) is 0 Å². The van der Waals surface area contributed by atoms with Crippen LogP contribution in [0, 0.1) is 11.8 Å². The summed E-state index contributed by atoms with van der Waals surface area (Å²) in [6, 6.07) is 11.2. The molecule has 2 nitrogen and oxygen atoms in total. The SMILES string of the molecule is NC1[C@@H]2CN(Cc3ccccc3)C[C@@H]12. The molecular weight excluding hydrogens is 172 g/mol. The first-order chi connectivity index (χ1) is 6.84. The van der Waals surface area contributed by atoms with Gasteiger partial charge in [-0.1, -0.05) is 30.3 Å². The highest BCUT2D eigenvalue weighted by Gasteiger charge is 2.53. The van der Waals surface area contributed by atoms with Gasteiger partial charge >= 0.3 is 0 Å². The second-order valence-corrected chi connectivity index (χ2v) is 4.58. The van der Waals surface area contributed by atoms with Crippen molar-refractivity contribution in [3.8, 4) is 0 Å². The Morgan fingerprint density at radius 2 is 1.79 bits per heavy atom. The number of nitrogens with two attached hydrogens (primary N) is 1. The summed E-state index contributed by atoms with van der Waals surface area (Å²) < 4.78 is 0. The van der Waals surface area contributed by atoms with Crippen LogP contribution in [0.15, 0.2) is 30.3 Å². The van der Waals surface area contributed by atoms with Gasteiger partial charge in [0.15, 0.2) is 0 Å². The number of hydrogen-bond donors (Lipinski definition) is 1. The molecule has 1 saturated heterocycles. The molecule has 1 aliphatic carbocycles. The van der Waals surface area contributed by atoms with Gasteiger partial charge in [0.2, 0.25) is 0 Å². The molecule has 0 radical (unpaired) electrons. The molecule has 2 aliphatic rings. The lowest BCUT2D eigenvalue weighted by Gasteiger charge is -2.18. The third kappa shape index (κ3) is 1.35. The Balaban J connectivity index is 1.60. The molecule has 1 aliphatic heterocycles. The summed E-state index contributed by atoms with van der Waals surface area (Å²) >= 11 is 0. The Morgan fingerprint density at radius 1 is 1.14 bits per heavy atom. The summed E-state index contributed by atoms with van der Waals surface area (Å²) in [5.74, 6) is 1.61. The Bertz CT molecular complexity index is 310. The molecule has 1 saturated carbocycles. The smallest absolute Gasteiger partial charge is 0.0233 e. The van der Waals surface area contributed by atoms with Crippen molar-refractivity contribution >= 4 is 0 Å². The fourth-order valence-electron chi connectivity index (χ4n) is 2.63. The lowest BCUT2D eigenvalue weighted by molar-refractivity contribution is 0.290. The third-order valence-corrected chi connectivity index (χ3v) is 3.58. The van der Waals surface area contributed by atoms with Crippen LogP contribution in [0.1, 0.15) is 5.56 Å². The topological polar surface area (TPSA) is 29.3 Å². The highest BCUT2D eigenvalue weighted by Crippen LogP contribution is 2.44. The van der Waals surface area contributed by atoms with E-state index in [1.54, 1.807) is 0 Å².